The lowest BCUT2D eigenvalue weighted by Gasteiger charge is -2.44. The van der Waals surface area contributed by atoms with Gasteiger partial charge in [-0.2, -0.15) is 0 Å². The van der Waals surface area contributed by atoms with Crippen molar-refractivity contribution in [2.75, 3.05) is 13.2 Å². The summed E-state index contributed by atoms with van der Waals surface area (Å²) in [5.41, 5.74) is 0.467. The Kier molecular flexibility index (Phi) is 2.75. The molecule has 0 bridgehead atoms. The van der Waals surface area contributed by atoms with E-state index >= 15 is 0 Å². The Hall–Kier alpha value is 0.440. The molecule has 0 aromatic heterocycles. The van der Waals surface area contributed by atoms with E-state index in [0.29, 0.717) is 10.2 Å². The highest BCUT2D eigenvalue weighted by atomic mass is 79.9. The summed E-state index contributed by atoms with van der Waals surface area (Å²) < 4.78 is 5.22. The van der Waals surface area contributed by atoms with E-state index < -0.39 is 0 Å². The molecule has 2 heteroatoms. The maximum absolute atomic E-state index is 5.22. The second-order valence-electron chi connectivity index (χ2n) is 3.22. The minimum absolute atomic E-state index is 0.467. The number of hydrogen-bond donors (Lipinski definition) is 0. The lowest BCUT2D eigenvalue weighted by molar-refractivity contribution is -0.114. The molecule has 0 N–H and O–H groups in total. The van der Waals surface area contributed by atoms with E-state index in [1.54, 1.807) is 0 Å². The molecule has 1 fully saturated rings. The van der Waals surface area contributed by atoms with Crippen LogP contribution in [0.4, 0.5) is 0 Å². The van der Waals surface area contributed by atoms with Gasteiger partial charge in [0.05, 0.1) is 13.2 Å². The van der Waals surface area contributed by atoms with E-state index in [9.17, 15) is 0 Å². The standard InChI is InChI=1S/C8H15BrO/c1-3-4-8(7(2)9)5-10-6-8/h7H,3-6H2,1-2H3. The Balaban J connectivity index is 2.42. The van der Waals surface area contributed by atoms with Crippen molar-refractivity contribution in [1.82, 2.24) is 0 Å². The molecule has 1 aliphatic rings. The molecule has 1 nitrogen and oxygen atoms in total. The van der Waals surface area contributed by atoms with Crippen molar-refractivity contribution < 1.29 is 4.74 Å². The van der Waals surface area contributed by atoms with Crippen LogP contribution in [0.3, 0.4) is 0 Å². The van der Waals surface area contributed by atoms with Crippen LogP contribution in [-0.4, -0.2) is 18.0 Å². The third kappa shape index (κ3) is 1.37. The van der Waals surface area contributed by atoms with Crippen LogP contribution >= 0.6 is 15.9 Å². The van der Waals surface area contributed by atoms with Crippen molar-refractivity contribution in [2.45, 2.75) is 31.5 Å². The van der Waals surface area contributed by atoms with Crippen molar-refractivity contribution in [3.05, 3.63) is 0 Å². The van der Waals surface area contributed by atoms with Crippen LogP contribution < -0.4 is 0 Å². The van der Waals surface area contributed by atoms with Crippen LogP contribution in [0.1, 0.15) is 26.7 Å². The topological polar surface area (TPSA) is 9.23 Å². The first-order valence-electron chi connectivity index (χ1n) is 3.93. The Morgan fingerprint density at radius 2 is 2.20 bits per heavy atom. The first kappa shape index (κ1) is 8.54. The molecule has 0 aromatic carbocycles. The van der Waals surface area contributed by atoms with E-state index in [1.807, 2.05) is 0 Å². The van der Waals surface area contributed by atoms with Crippen LogP contribution in [0.2, 0.25) is 0 Å². The van der Waals surface area contributed by atoms with Gasteiger partial charge < -0.3 is 4.74 Å². The maximum atomic E-state index is 5.22. The summed E-state index contributed by atoms with van der Waals surface area (Å²) in [6.07, 6.45) is 2.55. The Morgan fingerprint density at radius 1 is 1.60 bits per heavy atom. The zero-order chi connectivity index (χ0) is 7.61. The first-order valence-corrected chi connectivity index (χ1v) is 4.85. The SMILES string of the molecule is CCCC1(C(C)Br)COC1. The fourth-order valence-corrected chi connectivity index (χ4v) is 1.93. The molecule has 1 aliphatic heterocycles. The first-order chi connectivity index (χ1) is 4.71. The van der Waals surface area contributed by atoms with Crippen molar-refractivity contribution in [3.63, 3.8) is 0 Å². The van der Waals surface area contributed by atoms with Gasteiger partial charge in [-0.3, -0.25) is 0 Å². The van der Waals surface area contributed by atoms with Crippen molar-refractivity contribution in [1.29, 1.82) is 0 Å². The molecule has 0 radical (unpaired) electrons. The average Bonchev–Trinajstić information content (AvgIpc) is 1.77. The summed E-state index contributed by atoms with van der Waals surface area (Å²) in [4.78, 5) is 0.605. The summed E-state index contributed by atoms with van der Waals surface area (Å²) in [5, 5.41) is 0. The molecule has 0 aliphatic carbocycles. The number of ether oxygens (including phenoxy) is 1. The van der Waals surface area contributed by atoms with Crippen LogP contribution in [0.25, 0.3) is 0 Å². The van der Waals surface area contributed by atoms with E-state index in [1.165, 1.54) is 12.8 Å². The quantitative estimate of drug-likeness (QED) is 0.646. The van der Waals surface area contributed by atoms with Crippen LogP contribution in [0.5, 0.6) is 0 Å². The Bertz CT molecular complexity index is 108. The predicted molar refractivity (Wildman–Crippen MR) is 46.5 cm³/mol. The summed E-state index contributed by atoms with van der Waals surface area (Å²) in [5.74, 6) is 0. The Labute approximate surface area is 71.3 Å². The number of halogens is 1. The number of rotatable bonds is 3. The highest BCUT2D eigenvalue weighted by Gasteiger charge is 2.41. The molecule has 0 saturated carbocycles. The largest absolute Gasteiger partial charge is 0.380 e. The molecule has 0 amide bonds. The van der Waals surface area contributed by atoms with Crippen molar-refractivity contribution in [3.8, 4) is 0 Å². The molecule has 60 valence electrons. The van der Waals surface area contributed by atoms with Gasteiger partial charge in [0.25, 0.3) is 0 Å². The van der Waals surface area contributed by atoms with E-state index in [-0.39, 0.29) is 0 Å². The Morgan fingerprint density at radius 3 is 2.30 bits per heavy atom. The van der Waals surface area contributed by atoms with Crippen molar-refractivity contribution >= 4 is 15.9 Å². The minimum atomic E-state index is 0.467. The van der Waals surface area contributed by atoms with Gasteiger partial charge in [0.15, 0.2) is 0 Å². The average molecular weight is 207 g/mol. The van der Waals surface area contributed by atoms with E-state index in [0.717, 1.165) is 13.2 Å². The molecular weight excluding hydrogens is 192 g/mol. The normalized spacial score (nSPS) is 25.5. The van der Waals surface area contributed by atoms with Crippen LogP contribution in [0.15, 0.2) is 0 Å². The second-order valence-corrected chi connectivity index (χ2v) is 4.59. The number of alkyl halides is 1. The lowest BCUT2D eigenvalue weighted by atomic mass is 9.79. The van der Waals surface area contributed by atoms with Gasteiger partial charge in [0, 0.05) is 10.2 Å². The summed E-state index contributed by atoms with van der Waals surface area (Å²) in [7, 11) is 0. The lowest BCUT2D eigenvalue weighted by Crippen LogP contribution is -2.47. The van der Waals surface area contributed by atoms with E-state index in [4.69, 9.17) is 4.74 Å². The van der Waals surface area contributed by atoms with Gasteiger partial charge in [0.1, 0.15) is 0 Å². The molecule has 1 rings (SSSR count). The van der Waals surface area contributed by atoms with Gasteiger partial charge in [-0.25, -0.2) is 0 Å². The molecule has 1 unspecified atom stereocenters. The summed E-state index contributed by atoms with van der Waals surface area (Å²) in [6, 6.07) is 0. The van der Waals surface area contributed by atoms with Gasteiger partial charge in [-0.15, -0.1) is 0 Å². The molecule has 0 aromatic rings. The second kappa shape index (κ2) is 3.22. The zero-order valence-corrected chi connectivity index (χ0v) is 8.28. The highest BCUT2D eigenvalue weighted by Crippen LogP contribution is 2.39. The molecule has 1 heterocycles. The van der Waals surface area contributed by atoms with Crippen molar-refractivity contribution in [2.24, 2.45) is 5.41 Å². The van der Waals surface area contributed by atoms with Crippen LogP contribution in [0, 0.1) is 5.41 Å². The number of hydrogen-bond acceptors (Lipinski definition) is 1. The smallest absolute Gasteiger partial charge is 0.0555 e. The van der Waals surface area contributed by atoms with Gasteiger partial charge in [-0.1, -0.05) is 36.2 Å². The summed E-state index contributed by atoms with van der Waals surface area (Å²) in [6.45, 7) is 6.36. The molecule has 0 spiro atoms. The van der Waals surface area contributed by atoms with Crippen LogP contribution in [-0.2, 0) is 4.74 Å². The van der Waals surface area contributed by atoms with Gasteiger partial charge in [-0.05, 0) is 6.42 Å². The predicted octanol–water partition coefficient (Wildman–Crippen LogP) is 2.59. The molecule has 10 heavy (non-hydrogen) atoms. The van der Waals surface area contributed by atoms with Gasteiger partial charge >= 0.3 is 0 Å². The summed E-state index contributed by atoms with van der Waals surface area (Å²) >= 11 is 3.63. The maximum Gasteiger partial charge on any atom is 0.0555 e. The molecule has 1 saturated heterocycles. The molecule has 1 atom stereocenters. The molecular formula is C8H15BrO. The van der Waals surface area contributed by atoms with E-state index in [2.05, 4.69) is 29.8 Å². The minimum Gasteiger partial charge on any atom is -0.380 e. The fourth-order valence-electron chi connectivity index (χ4n) is 1.44. The van der Waals surface area contributed by atoms with Gasteiger partial charge in [0.2, 0.25) is 0 Å². The zero-order valence-electron chi connectivity index (χ0n) is 6.69. The highest BCUT2D eigenvalue weighted by molar-refractivity contribution is 9.09. The third-order valence-corrected chi connectivity index (χ3v) is 3.34. The monoisotopic (exact) mass is 206 g/mol. The fraction of sp³-hybridized carbons (Fsp3) is 1.00. The third-order valence-electron chi connectivity index (χ3n) is 2.37.